The molecule has 0 aliphatic heterocycles. The lowest BCUT2D eigenvalue weighted by Crippen LogP contribution is -2.15. The summed E-state index contributed by atoms with van der Waals surface area (Å²) in [5, 5.41) is 9.95. The van der Waals surface area contributed by atoms with Gasteiger partial charge in [0.05, 0.1) is 34.2 Å². The fourth-order valence-electron chi connectivity index (χ4n) is 4.57. The SMILES string of the molecule is CCCCCCCCCCS(=O)(=O)c1ccc(Cn2c(S)c(CC(=O)O)c3cccnc32)c(C(F)(F)F)c1. The van der Waals surface area contributed by atoms with Crippen molar-refractivity contribution in [2.24, 2.45) is 0 Å². The highest BCUT2D eigenvalue weighted by Crippen LogP contribution is 2.36. The van der Waals surface area contributed by atoms with Crippen LogP contribution in [-0.4, -0.2) is 34.8 Å². The van der Waals surface area contributed by atoms with Crippen LogP contribution in [0.2, 0.25) is 0 Å². The van der Waals surface area contributed by atoms with Crippen molar-refractivity contribution < 1.29 is 31.5 Å². The van der Waals surface area contributed by atoms with E-state index in [0.717, 1.165) is 32.1 Å². The Labute approximate surface area is 226 Å². The molecule has 0 amide bonds. The standard InChI is InChI=1S/C27H33F3N2O4S2/c1-2-3-4-5-6-7-8-9-15-38(35,36)20-13-12-19(23(16-20)27(28,29)30)18-32-25-21(11-10-14-31-25)22(26(32)37)17-24(33)34/h10-14,16,37H,2-9,15,17-18H2,1H3,(H,33,34). The molecule has 0 bridgehead atoms. The number of unbranched alkanes of at least 4 members (excludes halogenated alkanes) is 7. The van der Waals surface area contributed by atoms with Gasteiger partial charge in [0.2, 0.25) is 0 Å². The molecule has 1 N–H and O–H groups in total. The lowest BCUT2D eigenvalue weighted by Gasteiger charge is -2.16. The number of sulfone groups is 1. The molecule has 0 aliphatic rings. The molecular weight excluding hydrogens is 537 g/mol. The number of carbonyl (C=O) groups is 1. The summed E-state index contributed by atoms with van der Waals surface area (Å²) in [6.45, 7) is 1.83. The van der Waals surface area contributed by atoms with Crippen molar-refractivity contribution in [1.82, 2.24) is 9.55 Å². The van der Waals surface area contributed by atoms with Gasteiger partial charge in [-0.15, -0.1) is 12.6 Å². The van der Waals surface area contributed by atoms with E-state index in [1.165, 1.54) is 29.3 Å². The van der Waals surface area contributed by atoms with Crippen molar-refractivity contribution >= 4 is 39.5 Å². The number of pyridine rings is 1. The summed E-state index contributed by atoms with van der Waals surface area (Å²) >= 11 is 4.41. The Morgan fingerprint density at radius 2 is 1.71 bits per heavy atom. The zero-order valence-electron chi connectivity index (χ0n) is 21.3. The van der Waals surface area contributed by atoms with Gasteiger partial charge in [-0.3, -0.25) is 4.79 Å². The molecule has 0 unspecified atom stereocenters. The van der Waals surface area contributed by atoms with Crippen LogP contribution in [0.5, 0.6) is 0 Å². The van der Waals surface area contributed by atoms with E-state index in [1.807, 2.05) is 0 Å². The second kappa shape index (κ2) is 13.0. The van der Waals surface area contributed by atoms with E-state index in [4.69, 9.17) is 0 Å². The second-order valence-electron chi connectivity index (χ2n) is 9.44. The maximum absolute atomic E-state index is 14.1. The Kier molecular flexibility index (Phi) is 10.3. The summed E-state index contributed by atoms with van der Waals surface area (Å²) in [4.78, 5) is 15.2. The van der Waals surface area contributed by atoms with Crippen LogP contribution in [0.1, 0.15) is 75.0 Å². The normalized spacial score (nSPS) is 12.3. The predicted octanol–water partition coefficient (Wildman–Crippen LogP) is 6.93. The highest BCUT2D eigenvalue weighted by Gasteiger charge is 2.35. The molecule has 1 aromatic carbocycles. The van der Waals surface area contributed by atoms with E-state index in [1.54, 1.807) is 12.1 Å². The van der Waals surface area contributed by atoms with Crippen LogP contribution in [0.3, 0.4) is 0 Å². The molecule has 3 rings (SSSR count). The molecule has 0 atom stereocenters. The summed E-state index contributed by atoms with van der Waals surface area (Å²) < 4.78 is 69.3. The third-order valence-corrected chi connectivity index (χ3v) is 8.87. The maximum Gasteiger partial charge on any atom is 0.416 e. The first-order chi connectivity index (χ1) is 18.0. The summed E-state index contributed by atoms with van der Waals surface area (Å²) in [6, 6.07) is 6.33. The van der Waals surface area contributed by atoms with Gasteiger partial charge in [0.1, 0.15) is 5.65 Å². The zero-order chi connectivity index (χ0) is 27.9. The molecule has 0 spiro atoms. The van der Waals surface area contributed by atoms with E-state index in [-0.39, 0.29) is 34.2 Å². The largest absolute Gasteiger partial charge is 0.481 e. The van der Waals surface area contributed by atoms with E-state index in [9.17, 15) is 31.5 Å². The summed E-state index contributed by atoms with van der Waals surface area (Å²) in [5.41, 5.74) is -0.571. The lowest BCUT2D eigenvalue weighted by molar-refractivity contribution is -0.138. The first-order valence-electron chi connectivity index (χ1n) is 12.8. The molecule has 11 heteroatoms. The number of fused-ring (bicyclic) bond motifs is 1. The van der Waals surface area contributed by atoms with Crippen molar-refractivity contribution in [1.29, 1.82) is 0 Å². The molecule has 0 saturated carbocycles. The molecule has 0 radical (unpaired) electrons. The van der Waals surface area contributed by atoms with Gasteiger partial charge in [0.25, 0.3) is 0 Å². The first-order valence-corrected chi connectivity index (χ1v) is 14.9. The van der Waals surface area contributed by atoms with Gasteiger partial charge >= 0.3 is 12.1 Å². The summed E-state index contributed by atoms with van der Waals surface area (Å²) in [6.07, 6.45) is 3.94. The Morgan fingerprint density at radius 1 is 1.05 bits per heavy atom. The van der Waals surface area contributed by atoms with E-state index in [0.29, 0.717) is 35.5 Å². The number of carboxylic acid groups (broad SMARTS) is 1. The number of alkyl halides is 3. The number of hydrogen-bond acceptors (Lipinski definition) is 5. The monoisotopic (exact) mass is 570 g/mol. The van der Waals surface area contributed by atoms with E-state index in [2.05, 4.69) is 24.5 Å². The van der Waals surface area contributed by atoms with Gasteiger partial charge in [-0.1, -0.05) is 57.9 Å². The minimum Gasteiger partial charge on any atom is -0.481 e. The lowest BCUT2D eigenvalue weighted by atomic mass is 10.1. The zero-order valence-corrected chi connectivity index (χ0v) is 23.0. The van der Waals surface area contributed by atoms with Crippen molar-refractivity contribution in [3.05, 3.63) is 53.2 Å². The van der Waals surface area contributed by atoms with Gasteiger partial charge in [0, 0.05) is 17.1 Å². The number of halogens is 3. The minimum atomic E-state index is -4.80. The van der Waals surface area contributed by atoms with Crippen LogP contribution in [-0.2, 0) is 33.8 Å². The van der Waals surface area contributed by atoms with Crippen LogP contribution in [0.4, 0.5) is 13.2 Å². The Bertz CT molecular complexity index is 1370. The Morgan fingerprint density at radius 3 is 2.34 bits per heavy atom. The quantitative estimate of drug-likeness (QED) is 0.162. The average Bonchev–Trinajstić information content (AvgIpc) is 3.10. The number of thiol groups is 1. The second-order valence-corrected chi connectivity index (χ2v) is 12.0. The number of aromatic nitrogens is 2. The molecule has 2 heterocycles. The Balaban J connectivity index is 1.84. The predicted molar refractivity (Wildman–Crippen MR) is 144 cm³/mol. The topological polar surface area (TPSA) is 89.3 Å². The molecule has 38 heavy (non-hydrogen) atoms. The number of carboxylic acids is 1. The van der Waals surface area contributed by atoms with Gasteiger partial charge in [-0.05, 0) is 36.2 Å². The van der Waals surface area contributed by atoms with Crippen LogP contribution < -0.4 is 0 Å². The first kappa shape index (κ1) is 30.0. The number of rotatable bonds is 14. The highest BCUT2D eigenvalue weighted by molar-refractivity contribution is 7.91. The highest BCUT2D eigenvalue weighted by atomic mass is 32.2. The number of nitrogens with zero attached hydrogens (tertiary/aromatic N) is 2. The number of aliphatic carboxylic acids is 1. The van der Waals surface area contributed by atoms with Crippen LogP contribution in [0.15, 0.2) is 46.5 Å². The number of hydrogen-bond donors (Lipinski definition) is 2. The molecule has 6 nitrogen and oxygen atoms in total. The fraction of sp³-hybridized carbons (Fsp3) is 0.481. The van der Waals surface area contributed by atoms with Crippen molar-refractivity contribution in [3.8, 4) is 0 Å². The van der Waals surface area contributed by atoms with E-state index < -0.39 is 27.5 Å². The molecule has 2 aromatic heterocycles. The van der Waals surface area contributed by atoms with Crippen LogP contribution >= 0.6 is 12.6 Å². The third-order valence-electron chi connectivity index (χ3n) is 6.56. The molecule has 0 fully saturated rings. The molecule has 208 valence electrons. The van der Waals surface area contributed by atoms with Crippen LogP contribution in [0, 0.1) is 0 Å². The maximum atomic E-state index is 14.1. The van der Waals surface area contributed by atoms with Crippen LogP contribution in [0.25, 0.3) is 11.0 Å². The molecule has 3 aromatic rings. The average molecular weight is 571 g/mol. The number of benzene rings is 1. The van der Waals surface area contributed by atoms with Gasteiger partial charge < -0.3 is 9.67 Å². The fourth-order valence-corrected chi connectivity index (χ4v) is 6.33. The van der Waals surface area contributed by atoms with Crippen molar-refractivity contribution in [2.45, 2.75) is 87.4 Å². The minimum absolute atomic E-state index is 0.164. The van der Waals surface area contributed by atoms with Gasteiger partial charge in [-0.2, -0.15) is 13.2 Å². The Hall–Kier alpha value is -2.53. The van der Waals surface area contributed by atoms with Crippen molar-refractivity contribution in [3.63, 3.8) is 0 Å². The van der Waals surface area contributed by atoms with Gasteiger partial charge in [0.15, 0.2) is 9.84 Å². The molecular formula is C27H33F3N2O4S2. The molecule has 0 aliphatic carbocycles. The van der Waals surface area contributed by atoms with E-state index >= 15 is 0 Å². The molecule has 0 saturated heterocycles. The third kappa shape index (κ3) is 7.53. The van der Waals surface area contributed by atoms with Gasteiger partial charge in [-0.25, -0.2) is 13.4 Å². The summed E-state index contributed by atoms with van der Waals surface area (Å²) in [5.74, 6) is -1.31. The smallest absolute Gasteiger partial charge is 0.416 e. The summed E-state index contributed by atoms with van der Waals surface area (Å²) in [7, 11) is -3.89. The van der Waals surface area contributed by atoms with Crippen molar-refractivity contribution in [2.75, 3.05) is 5.75 Å².